The van der Waals surface area contributed by atoms with Crippen LogP contribution in [0.15, 0.2) is 84.6 Å². The summed E-state index contributed by atoms with van der Waals surface area (Å²) < 4.78 is 6.16. The molecule has 0 saturated heterocycles. The van der Waals surface area contributed by atoms with Crippen LogP contribution in [0.1, 0.15) is 196 Å². The van der Waals surface area contributed by atoms with Crippen LogP contribution < -0.4 is 0 Å². The van der Waals surface area contributed by atoms with Crippen molar-refractivity contribution in [2.24, 2.45) is 52.3 Å². The molecule has 0 N–H and O–H groups in total. The Morgan fingerprint density at radius 1 is 0.719 bits per heavy atom. The zero-order valence-corrected chi connectivity index (χ0v) is 38.2. The molecule has 9 atom stereocenters. The first-order valence-corrected chi connectivity index (χ1v) is 24.5. The monoisotopic (exact) mass is 781 g/mol. The quantitative estimate of drug-likeness (QED) is 0.0524. The molecule has 0 aromatic heterocycles. The number of rotatable bonds is 25. The summed E-state index contributed by atoms with van der Waals surface area (Å²) in [6.45, 7) is 17.1. The van der Waals surface area contributed by atoms with E-state index < -0.39 is 0 Å². The molecular formula is C55H88O2. The number of carbonyl (C=O) groups is 1. The van der Waals surface area contributed by atoms with Crippen LogP contribution in [0.2, 0.25) is 0 Å². The van der Waals surface area contributed by atoms with Gasteiger partial charge < -0.3 is 4.74 Å². The Balaban J connectivity index is 1.04. The van der Waals surface area contributed by atoms with Crippen LogP contribution >= 0.6 is 0 Å². The minimum absolute atomic E-state index is 0.0437. The number of hydrogen-bond donors (Lipinski definition) is 0. The van der Waals surface area contributed by atoms with Gasteiger partial charge in [0.25, 0.3) is 0 Å². The van der Waals surface area contributed by atoms with E-state index in [2.05, 4.69) is 127 Å². The van der Waals surface area contributed by atoms with Crippen molar-refractivity contribution in [1.82, 2.24) is 0 Å². The Morgan fingerprint density at radius 2 is 1.33 bits per heavy atom. The fourth-order valence-corrected chi connectivity index (χ4v) is 11.9. The average molecular weight is 781 g/mol. The maximum Gasteiger partial charge on any atom is 0.306 e. The van der Waals surface area contributed by atoms with Crippen molar-refractivity contribution in [1.29, 1.82) is 0 Å². The van der Waals surface area contributed by atoms with Gasteiger partial charge in [-0.25, -0.2) is 0 Å². The maximum absolute atomic E-state index is 12.9. The standard InChI is InChI=1S/C55H88O2/c1-8-10-11-12-13-14-15-16-17-18-19-20-21-22-23-24-25-26-27-28-29-30-31-32-53(56)57-48-39-41-54(6)47(43-48)35-36-49-51-38-37-50(55(51,7)42-40-52(49)54)45(5)33-34-46(9-2)44(3)4/h10-11,13-14,16-17,19-20,22-23,33-35,44-46,48-52H,8-9,12,15,18,21,24-32,36-43H2,1-7H3/b11-10-,14-13-,17-16-,20-19-,23-22-,34-33+. The lowest BCUT2D eigenvalue weighted by Gasteiger charge is -2.58. The molecule has 4 aliphatic carbocycles. The predicted molar refractivity (Wildman–Crippen MR) is 248 cm³/mol. The summed E-state index contributed by atoms with van der Waals surface area (Å²) >= 11 is 0. The zero-order chi connectivity index (χ0) is 40.9. The van der Waals surface area contributed by atoms with Crippen LogP contribution in [0.4, 0.5) is 0 Å². The van der Waals surface area contributed by atoms with Gasteiger partial charge in [0, 0.05) is 12.8 Å². The van der Waals surface area contributed by atoms with E-state index in [4.69, 9.17) is 4.74 Å². The highest BCUT2D eigenvalue weighted by atomic mass is 16.5. The molecule has 0 bridgehead atoms. The van der Waals surface area contributed by atoms with Gasteiger partial charge in [0.15, 0.2) is 0 Å². The Kier molecular flexibility index (Phi) is 21.0. The Labute approximate surface area is 353 Å². The second-order valence-corrected chi connectivity index (χ2v) is 19.6. The first-order chi connectivity index (χ1) is 27.6. The van der Waals surface area contributed by atoms with E-state index in [1.54, 1.807) is 5.57 Å². The number of esters is 1. The largest absolute Gasteiger partial charge is 0.462 e. The molecule has 3 fully saturated rings. The fraction of sp³-hybridized carbons (Fsp3) is 0.727. The van der Waals surface area contributed by atoms with Crippen molar-refractivity contribution in [3.05, 3.63) is 84.6 Å². The summed E-state index contributed by atoms with van der Waals surface area (Å²) in [6.07, 6.45) is 57.5. The van der Waals surface area contributed by atoms with Crippen LogP contribution in [0.25, 0.3) is 0 Å². The molecule has 0 radical (unpaired) electrons. The van der Waals surface area contributed by atoms with E-state index in [1.807, 2.05) is 0 Å². The highest BCUT2D eigenvalue weighted by Crippen LogP contribution is 2.67. The highest BCUT2D eigenvalue weighted by Gasteiger charge is 2.59. The minimum atomic E-state index is 0.0437. The summed E-state index contributed by atoms with van der Waals surface area (Å²) in [4.78, 5) is 12.9. The van der Waals surface area contributed by atoms with Crippen molar-refractivity contribution >= 4 is 5.97 Å². The fourth-order valence-electron chi connectivity index (χ4n) is 11.9. The molecule has 9 unspecified atom stereocenters. The second kappa shape index (κ2) is 25.3. The molecule has 3 saturated carbocycles. The molecule has 57 heavy (non-hydrogen) atoms. The molecule has 0 spiro atoms. The average Bonchev–Trinajstić information content (AvgIpc) is 3.55. The van der Waals surface area contributed by atoms with Gasteiger partial charge in [0.05, 0.1) is 0 Å². The van der Waals surface area contributed by atoms with Gasteiger partial charge in [0.2, 0.25) is 0 Å². The van der Waals surface area contributed by atoms with E-state index in [-0.39, 0.29) is 12.1 Å². The van der Waals surface area contributed by atoms with Gasteiger partial charge in [-0.05, 0) is 155 Å². The molecule has 0 aromatic carbocycles. The van der Waals surface area contributed by atoms with Gasteiger partial charge in [0.1, 0.15) is 6.10 Å². The van der Waals surface area contributed by atoms with Crippen molar-refractivity contribution in [2.75, 3.05) is 0 Å². The molecule has 4 aliphatic rings. The minimum Gasteiger partial charge on any atom is -0.462 e. The van der Waals surface area contributed by atoms with Gasteiger partial charge in [-0.15, -0.1) is 0 Å². The van der Waals surface area contributed by atoms with Crippen molar-refractivity contribution < 1.29 is 9.53 Å². The molecule has 0 heterocycles. The van der Waals surface area contributed by atoms with Gasteiger partial charge in [-0.1, -0.05) is 165 Å². The Morgan fingerprint density at radius 3 is 1.96 bits per heavy atom. The molecule has 0 amide bonds. The Hall–Kier alpha value is -2.35. The molecule has 0 aliphatic heterocycles. The lowest BCUT2D eigenvalue weighted by Crippen LogP contribution is -2.51. The normalized spacial score (nSPS) is 30.2. The van der Waals surface area contributed by atoms with Crippen molar-refractivity contribution in [3.8, 4) is 0 Å². The number of carbonyl (C=O) groups excluding carboxylic acids is 1. The maximum atomic E-state index is 12.9. The van der Waals surface area contributed by atoms with Gasteiger partial charge >= 0.3 is 5.97 Å². The third kappa shape index (κ3) is 14.4. The van der Waals surface area contributed by atoms with E-state index in [1.165, 1.54) is 83.5 Å². The van der Waals surface area contributed by atoms with E-state index in [0.29, 0.717) is 29.1 Å². The summed E-state index contributed by atoms with van der Waals surface area (Å²) in [5.41, 5.74) is 2.41. The van der Waals surface area contributed by atoms with E-state index >= 15 is 0 Å². The van der Waals surface area contributed by atoms with Gasteiger partial charge in [-0.2, -0.15) is 0 Å². The number of allylic oxidation sites excluding steroid dienone is 13. The highest BCUT2D eigenvalue weighted by molar-refractivity contribution is 5.69. The Bertz CT molecular complexity index is 1370. The molecular weight excluding hydrogens is 693 g/mol. The first kappa shape index (κ1) is 47.3. The number of unbranched alkanes of at least 4 members (excludes halogenated alkanes) is 7. The third-order valence-electron chi connectivity index (χ3n) is 15.5. The van der Waals surface area contributed by atoms with Crippen molar-refractivity contribution in [2.45, 2.75) is 202 Å². The lowest BCUT2D eigenvalue weighted by molar-refractivity contribution is -0.151. The van der Waals surface area contributed by atoms with E-state index in [0.717, 1.165) is 87.4 Å². The third-order valence-corrected chi connectivity index (χ3v) is 15.5. The number of fused-ring (bicyclic) bond motifs is 5. The molecule has 4 rings (SSSR count). The summed E-state index contributed by atoms with van der Waals surface area (Å²) in [5, 5.41) is 0. The van der Waals surface area contributed by atoms with E-state index in [9.17, 15) is 4.79 Å². The molecule has 0 aromatic rings. The second-order valence-electron chi connectivity index (χ2n) is 19.6. The zero-order valence-electron chi connectivity index (χ0n) is 38.2. The smallest absolute Gasteiger partial charge is 0.306 e. The number of hydrogen-bond acceptors (Lipinski definition) is 2. The van der Waals surface area contributed by atoms with Crippen LogP contribution in [0.5, 0.6) is 0 Å². The molecule has 2 heteroatoms. The van der Waals surface area contributed by atoms with Crippen LogP contribution in [-0.4, -0.2) is 12.1 Å². The number of ether oxygens (including phenoxy) is 1. The van der Waals surface area contributed by atoms with Crippen LogP contribution in [-0.2, 0) is 9.53 Å². The molecule has 2 nitrogen and oxygen atoms in total. The van der Waals surface area contributed by atoms with Crippen LogP contribution in [0.3, 0.4) is 0 Å². The van der Waals surface area contributed by atoms with Crippen molar-refractivity contribution in [3.63, 3.8) is 0 Å². The lowest BCUT2D eigenvalue weighted by atomic mass is 9.47. The molecule has 320 valence electrons. The SMILES string of the molecule is CC/C=C\C/C=C\C/C=C\C/C=C\C/C=C\CCCCCCCCCC(=O)OC1CCC2(C)C(=CCC3C2CCC2(C)C(C(C)/C=C/C(CC)C(C)C)CCC32)C1. The summed E-state index contributed by atoms with van der Waals surface area (Å²) in [7, 11) is 0. The predicted octanol–water partition coefficient (Wildman–Crippen LogP) is 16.6. The van der Waals surface area contributed by atoms with Crippen LogP contribution in [0, 0.1) is 52.3 Å². The summed E-state index contributed by atoms with van der Waals surface area (Å²) in [5.74, 6) is 5.49. The first-order valence-electron chi connectivity index (χ1n) is 24.5. The summed E-state index contributed by atoms with van der Waals surface area (Å²) in [6, 6.07) is 0. The van der Waals surface area contributed by atoms with Gasteiger partial charge in [-0.3, -0.25) is 4.79 Å². The topological polar surface area (TPSA) is 26.3 Å².